The normalized spacial score (nSPS) is 36.6. The van der Waals surface area contributed by atoms with Gasteiger partial charge in [-0.3, -0.25) is 9.80 Å². The van der Waals surface area contributed by atoms with E-state index in [1.54, 1.807) is 0 Å². The molecule has 1 aliphatic carbocycles. The van der Waals surface area contributed by atoms with Gasteiger partial charge in [-0.05, 0) is 38.6 Å². The van der Waals surface area contributed by atoms with E-state index >= 15 is 0 Å². The molecule has 2 aliphatic rings. The maximum atomic E-state index is 6.32. The summed E-state index contributed by atoms with van der Waals surface area (Å²) in [6, 6.07) is 0.682. The predicted molar refractivity (Wildman–Crippen MR) is 91.6 cm³/mol. The Hall–Kier alpha value is -0.120. The average molecular weight is 296 g/mol. The SMILES string of the molecule is CCCC1CCCC(CN)(N2CCN(CC)C(C)C2)CC1. The second-order valence-corrected chi connectivity index (χ2v) is 7.44. The highest BCUT2D eigenvalue weighted by atomic mass is 15.3. The minimum absolute atomic E-state index is 0.302. The molecule has 0 bridgehead atoms. The molecule has 1 saturated heterocycles. The first-order valence-corrected chi connectivity index (χ1v) is 9.34. The first-order chi connectivity index (χ1) is 10.1. The Balaban J connectivity index is 2.00. The molecule has 3 unspecified atom stereocenters. The third-order valence-corrected chi connectivity index (χ3v) is 6.19. The van der Waals surface area contributed by atoms with Crippen molar-refractivity contribution < 1.29 is 0 Å². The maximum absolute atomic E-state index is 6.32. The van der Waals surface area contributed by atoms with Gasteiger partial charge in [0.1, 0.15) is 0 Å². The van der Waals surface area contributed by atoms with Crippen molar-refractivity contribution >= 4 is 0 Å². The summed E-state index contributed by atoms with van der Waals surface area (Å²) in [5.74, 6) is 0.956. The van der Waals surface area contributed by atoms with Crippen molar-refractivity contribution in [2.24, 2.45) is 11.7 Å². The van der Waals surface area contributed by atoms with E-state index in [0.29, 0.717) is 11.6 Å². The molecule has 0 amide bonds. The van der Waals surface area contributed by atoms with Crippen molar-refractivity contribution in [1.29, 1.82) is 0 Å². The van der Waals surface area contributed by atoms with Gasteiger partial charge in [0.2, 0.25) is 0 Å². The fraction of sp³-hybridized carbons (Fsp3) is 1.00. The summed E-state index contributed by atoms with van der Waals surface area (Å²) in [6.45, 7) is 12.7. The highest BCUT2D eigenvalue weighted by Crippen LogP contribution is 2.36. The van der Waals surface area contributed by atoms with Gasteiger partial charge in [0.15, 0.2) is 0 Å². The maximum Gasteiger partial charge on any atom is 0.0333 e. The molecule has 1 saturated carbocycles. The molecule has 0 spiro atoms. The van der Waals surface area contributed by atoms with E-state index < -0.39 is 0 Å². The molecule has 0 aromatic carbocycles. The van der Waals surface area contributed by atoms with Crippen molar-refractivity contribution in [3.63, 3.8) is 0 Å². The minimum Gasteiger partial charge on any atom is -0.329 e. The standard InChI is InChI=1S/C18H37N3/c1-4-7-17-8-6-10-18(15-19,11-9-17)21-13-12-20(5-2)16(3)14-21/h16-17H,4-15,19H2,1-3H3. The van der Waals surface area contributed by atoms with Crippen LogP contribution in [0.3, 0.4) is 0 Å². The molecule has 0 aromatic rings. The Kier molecular flexibility index (Phi) is 6.51. The minimum atomic E-state index is 0.302. The number of hydrogen-bond acceptors (Lipinski definition) is 3. The van der Waals surface area contributed by atoms with Gasteiger partial charge in [-0.25, -0.2) is 0 Å². The number of rotatable bonds is 5. The van der Waals surface area contributed by atoms with Crippen LogP contribution in [-0.4, -0.2) is 54.1 Å². The summed E-state index contributed by atoms with van der Waals surface area (Å²) in [7, 11) is 0. The Labute approximate surface area is 132 Å². The Bertz CT molecular complexity index is 307. The lowest BCUT2D eigenvalue weighted by Crippen LogP contribution is -2.62. The van der Waals surface area contributed by atoms with Gasteiger partial charge in [-0.1, -0.05) is 39.5 Å². The van der Waals surface area contributed by atoms with Crippen molar-refractivity contribution in [3.05, 3.63) is 0 Å². The lowest BCUT2D eigenvalue weighted by atomic mass is 9.86. The van der Waals surface area contributed by atoms with E-state index in [1.807, 2.05) is 0 Å². The number of piperazine rings is 1. The average Bonchev–Trinajstić information content (AvgIpc) is 2.71. The fourth-order valence-electron chi connectivity index (χ4n) is 4.70. The quantitative estimate of drug-likeness (QED) is 0.791. The van der Waals surface area contributed by atoms with E-state index in [4.69, 9.17) is 5.73 Å². The molecule has 0 radical (unpaired) electrons. The molecule has 3 atom stereocenters. The van der Waals surface area contributed by atoms with E-state index in [1.165, 1.54) is 71.1 Å². The molecule has 124 valence electrons. The van der Waals surface area contributed by atoms with E-state index in [0.717, 1.165) is 12.5 Å². The fourth-order valence-corrected chi connectivity index (χ4v) is 4.70. The van der Waals surface area contributed by atoms with Crippen LogP contribution in [-0.2, 0) is 0 Å². The van der Waals surface area contributed by atoms with Crippen molar-refractivity contribution in [2.75, 3.05) is 32.7 Å². The van der Waals surface area contributed by atoms with E-state index in [-0.39, 0.29) is 0 Å². The zero-order valence-corrected chi connectivity index (χ0v) is 14.6. The second-order valence-electron chi connectivity index (χ2n) is 7.44. The third kappa shape index (κ3) is 4.00. The summed E-state index contributed by atoms with van der Waals surface area (Å²) in [5, 5.41) is 0. The van der Waals surface area contributed by atoms with E-state index in [9.17, 15) is 0 Å². The van der Waals surface area contributed by atoms with Gasteiger partial charge in [0.25, 0.3) is 0 Å². The van der Waals surface area contributed by atoms with Crippen LogP contribution in [0.25, 0.3) is 0 Å². The Morgan fingerprint density at radius 3 is 2.57 bits per heavy atom. The zero-order valence-electron chi connectivity index (χ0n) is 14.6. The van der Waals surface area contributed by atoms with Gasteiger partial charge in [-0.2, -0.15) is 0 Å². The van der Waals surface area contributed by atoms with Crippen LogP contribution in [0.2, 0.25) is 0 Å². The lowest BCUT2D eigenvalue weighted by molar-refractivity contribution is 0.00148. The summed E-state index contributed by atoms with van der Waals surface area (Å²) in [5.41, 5.74) is 6.62. The summed E-state index contributed by atoms with van der Waals surface area (Å²) in [6.07, 6.45) is 9.61. The molecule has 1 aliphatic heterocycles. The van der Waals surface area contributed by atoms with Crippen LogP contribution in [0, 0.1) is 5.92 Å². The van der Waals surface area contributed by atoms with Gasteiger partial charge >= 0.3 is 0 Å². The van der Waals surface area contributed by atoms with Crippen LogP contribution in [0.15, 0.2) is 0 Å². The third-order valence-electron chi connectivity index (χ3n) is 6.19. The topological polar surface area (TPSA) is 32.5 Å². The predicted octanol–water partition coefficient (Wildman–Crippen LogP) is 3.09. The Morgan fingerprint density at radius 2 is 1.95 bits per heavy atom. The molecule has 2 fully saturated rings. The summed E-state index contributed by atoms with van der Waals surface area (Å²) < 4.78 is 0. The summed E-state index contributed by atoms with van der Waals surface area (Å²) in [4.78, 5) is 5.37. The Morgan fingerprint density at radius 1 is 1.14 bits per heavy atom. The molecule has 2 rings (SSSR count). The lowest BCUT2D eigenvalue weighted by Gasteiger charge is -2.49. The van der Waals surface area contributed by atoms with Crippen LogP contribution in [0.1, 0.15) is 65.7 Å². The number of hydrogen-bond donors (Lipinski definition) is 1. The molecule has 1 heterocycles. The van der Waals surface area contributed by atoms with Crippen molar-refractivity contribution in [1.82, 2.24) is 9.80 Å². The molecule has 3 nitrogen and oxygen atoms in total. The second kappa shape index (κ2) is 7.94. The molecule has 2 N–H and O–H groups in total. The van der Waals surface area contributed by atoms with Crippen LogP contribution in [0.4, 0.5) is 0 Å². The molecule has 0 aromatic heterocycles. The first-order valence-electron chi connectivity index (χ1n) is 9.34. The van der Waals surface area contributed by atoms with Crippen molar-refractivity contribution in [2.45, 2.75) is 77.3 Å². The first kappa shape index (κ1) is 17.2. The molecule has 3 heteroatoms. The molecule has 21 heavy (non-hydrogen) atoms. The van der Waals surface area contributed by atoms with E-state index in [2.05, 4.69) is 30.6 Å². The largest absolute Gasteiger partial charge is 0.329 e. The summed E-state index contributed by atoms with van der Waals surface area (Å²) >= 11 is 0. The van der Waals surface area contributed by atoms with Crippen LogP contribution < -0.4 is 5.73 Å². The van der Waals surface area contributed by atoms with Crippen LogP contribution in [0.5, 0.6) is 0 Å². The van der Waals surface area contributed by atoms with Gasteiger partial charge in [0.05, 0.1) is 0 Å². The zero-order chi connectivity index (χ0) is 15.3. The van der Waals surface area contributed by atoms with Gasteiger partial charge < -0.3 is 5.73 Å². The van der Waals surface area contributed by atoms with Gasteiger partial charge in [-0.15, -0.1) is 0 Å². The number of likely N-dealkylation sites (N-methyl/N-ethyl adjacent to an activating group) is 1. The van der Waals surface area contributed by atoms with Gasteiger partial charge in [0, 0.05) is 37.8 Å². The highest BCUT2D eigenvalue weighted by molar-refractivity contribution is 4.97. The smallest absolute Gasteiger partial charge is 0.0333 e. The van der Waals surface area contributed by atoms with Crippen molar-refractivity contribution in [3.8, 4) is 0 Å². The monoisotopic (exact) mass is 295 g/mol. The highest BCUT2D eigenvalue weighted by Gasteiger charge is 2.39. The molecular weight excluding hydrogens is 258 g/mol. The number of nitrogens with zero attached hydrogens (tertiary/aromatic N) is 2. The number of nitrogens with two attached hydrogens (primary N) is 1. The van der Waals surface area contributed by atoms with Crippen LogP contribution >= 0.6 is 0 Å². The molecular formula is C18H37N3.